The highest BCUT2D eigenvalue weighted by atomic mass is 19.4. The minimum absolute atomic E-state index is 0.0183. The first-order valence-electron chi connectivity index (χ1n) is 8.26. The van der Waals surface area contributed by atoms with Gasteiger partial charge in [-0.2, -0.15) is 18.3 Å². The summed E-state index contributed by atoms with van der Waals surface area (Å²) in [5, 5.41) is 15.6. The average Bonchev–Trinajstić information content (AvgIpc) is 2.80. The number of hydrogen-bond donors (Lipinski definition) is 2. The monoisotopic (exact) mass is 399 g/mol. The Balaban J connectivity index is 2.20. The molecule has 10 heteroatoms. The van der Waals surface area contributed by atoms with Gasteiger partial charge in [0.05, 0.1) is 24.3 Å². The predicted molar refractivity (Wildman–Crippen MR) is 94.2 cm³/mol. The Kier molecular flexibility index (Phi) is 6.45. The van der Waals surface area contributed by atoms with E-state index in [4.69, 9.17) is 4.74 Å². The molecule has 0 aliphatic carbocycles. The van der Waals surface area contributed by atoms with E-state index in [1.807, 2.05) is 0 Å². The Hall–Kier alpha value is -2.88. The number of aryl methyl sites for hydroxylation is 1. The number of ether oxygens (including phenoxy) is 1. The molecule has 0 aliphatic heterocycles. The Morgan fingerprint density at radius 2 is 1.93 bits per heavy atom. The van der Waals surface area contributed by atoms with Crippen molar-refractivity contribution in [2.24, 2.45) is 0 Å². The van der Waals surface area contributed by atoms with Crippen LogP contribution in [0.15, 0.2) is 18.2 Å². The van der Waals surface area contributed by atoms with Gasteiger partial charge in [0.2, 0.25) is 5.91 Å². The number of anilines is 1. The van der Waals surface area contributed by atoms with Gasteiger partial charge in [-0.05, 0) is 37.6 Å². The van der Waals surface area contributed by atoms with Crippen molar-refractivity contribution in [3.63, 3.8) is 0 Å². The lowest BCUT2D eigenvalue weighted by Gasteiger charge is -2.10. The summed E-state index contributed by atoms with van der Waals surface area (Å²) >= 11 is 0. The molecule has 152 valence electrons. The number of amides is 1. The molecule has 1 aromatic heterocycles. The van der Waals surface area contributed by atoms with Gasteiger partial charge in [0.25, 0.3) is 0 Å². The number of nitrogens with zero attached hydrogens (tertiary/aromatic N) is 2. The zero-order valence-electron chi connectivity index (χ0n) is 15.6. The molecule has 1 heterocycles. The van der Waals surface area contributed by atoms with Crippen LogP contribution in [0.2, 0.25) is 0 Å². The third kappa shape index (κ3) is 5.56. The van der Waals surface area contributed by atoms with Crippen LogP contribution in [0, 0.1) is 13.8 Å². The minimum Gasteiger partial charge on any atom is -0.478 e. The molecule has 0 saturated heterocycles. The van der Waals surface area contributed by atoms with Crippen LogP contribution in [0.25, 0.3) is 0 Å². The lowest BCUT2D eigenvalue weighted by atomic mass is 10.1. The number of hydrogen-bond acceptors (Lipinski definition) is 4. The van der Waals surface area contributed by atoms with Crippen LogP contribution in [0.5, 0.6) is 0 Å². The molecule has 1 aromatic carbocycles. The van der Waals surface area contributed by atoms with Gasteiger partial charge in [0.1, 0.15) is 6.54 Å². The number of methoxy groups -OCH3 is 1. The zero-order valence-corrected chi connectivity index (χ0v) is 15.6. The molecule has 0 fully saturated rings. The van der Waals surface area contributed by atoms with Gasteiger partial charge in [-0.3, -0.25) is 9.48 Å². The van der Waals surface area contributed by atoms with E-state index < -0.39 is 24.6 Å². The smallest absolute Gasteiger partial charge is 0.408 e. The fourth-order valence-electron chi connectivity index (χ4n) is 2.82. The van der Waals surface area contributed by atoms with Gasteiger partial charge >= 0.3 is 12.1 Å². The molecule has 0 unspecified atom stereocenters. The maximum Gasteiger partial charge on any atom is 0.408 e. The number of halogens is 3. The second kappa shape index (κ2) is 8.42. The van der Waals surface area contributed by atoms with Gasteiger partial charge < -0.3 is 15.2 Å². The molecule has 0 bridgehead atoms. The van der Waals surface area contributed by atoms with E-state index in [0.29, 0.717) is 16.8 Å². The number of rotatable bonds is 7. The SMILES string of the molecule is COCc1cc(NC(=O)Cc2c(C)nn(CC(F)(F)F)c2C)cc(C(=O)O)c1. The van der Waals surface area contributed by atoms with Crippen LogP contribution in [-0.4, -0.2) is 40.0 Å². The van der Waals surface area contributed by atoms with Crippen LogP contribution < -0.4 is 5.32 Å². The molecule has 0 spiro atoms. The van der Waals surface area contributed by atoms with Crippen molar-refractivity contribution in [2.45, 2.75) is 39.6 Å². The maximum absolute atomic E-state index is 12.6. The first-order valence-corrected chi connectivity index (χ1v) is 8.26. The molecular formula is C18H20F3N3O4. The summed E-state index contributed by atoms with van der Waals surface area (Å²) in [7, 11) is 1.45. The molecule has 0 saturated carbocycles. The van der Waals surface area contributed by atoms with Crippen LogP contribution >= 0.6 is 0 Å². The highest BCUT2D eigenvalue weighted by Gasteiger charge is 2.30. The molecule has 28 heavy (non-hydrogen) atoms. The molecule has 7 nitrogen and oxygen atoms in total. The van der Waals surface area contributed by atoms with Crippen LogP contribution in [0.4, 0.5) is 18.9 Å². The Morgan fingerprint density at radius 3 is 2.50 bits per heavy atom. The fourth-order valence-corrected chi connectivity index (χ4v) is 2.82. The average molecular weight is 399 g/mol. The number of carbonyl (C=O) groups is 2. The highest BCUT2D eigenvalue weighted by molar-refractivity contribution is 5.95. The van der Waals surface area contributed by atoms with Crippen molar-refractivity contribution in [2.75, 3.05) is 12.4 Å². The van der Waals surface area contributed by atoms with Crippen molar-refractivity contribution in [3.8, 4) is 0 Å². The van der Waals surface area contributed by atoms with Crippen molar-refractivity contribution >= 4 is 17.6 Å². The summed E-state index contributed by atoms with van der Waals surface area (Å²) in [6.45, 7) is 1.93. The summed E-state index contributed by atoms with van der Waals surface area (Å²) in [5.41, 5.74) is 1.78. The van der Waals surface area contributed by atoms with Crippen LogP contribution in [0.3, 0.4) is 0 Å². The Morgan fingerprint density at radius 1 is 1.25 bits per heavy atom. The number of benzene rings is 1. The number of aromatic nitrogens is 2. The molecule has 1 amide bonds. The summed E-state index contributed by atoms with van der Waals surface area (Å²) in [6, 6.07) is 4.30. The number of aromatic carboxylic acids is 1. The summed E-state index contributed by atoms with van der Waals surface area (Å²) < 4.78 is 43.7. The van der Waals surface area contributed by atoms with E-state index in [-0.39, 0.29) is 30.0 Å². The fraction of sp³-hybridized carbons (Fsp3) is 0.389. The summed E-state index contributed by atoms with van der Waals surface area (Å²) in [5.74, 6) is -1.66. The Labute approximate surface area is 159 Å². The third-order valence-corrected chi connectivity index (χ3v) is 4.03. The minimum atomic E-state index is -4.42. The van der Waals surface area contributed by atoms with E-state index in [1.54, 1.807) is 6.07 Å². The van der Waals surface area contributed by atoms with E-state index in [9.17, 15) is 27.9 Å². The standard InChI is InChI=1S/C18H20F3N3O4/c1-10-15(11(2)24(23-10)9-18(19,20)21)7-16(25)22-14-5-12(8-28-3)4-13(6-14)17(26)27/h4-6H,7-9H2,1-3H3,(H,22,25)(H,26,27). The number of alkyl halides is 3. The van der Waals surface area contributed by atoms with Crippen molar-refractivity contribution < 1.29 is 32.6 Å². The van der Waals surface area contributed by atoms with Crippen LogP contribution in [-0.2, 0) is 29.1 Å². The second-order valence-corrected chi connectivity index (χ2v) is 6.30. The summed E-state index contributed by atoms with van der Waals surface area (Å²) in [6.07, 6.45) is -4.61. The number of carbonyl (C=O) groups excluding carboxylic acids is 1. The van der Waals surface area contributed by atoms with E-state index in [1.165, 1.54) is 33.1 Å². The molecular weight excluding hydrogens is 379 g/mol. The molecule has 0 aliphatic rings. The largest absolute Gasteiger partial charge is 0.478 e. The van der Waals surface area contributed by atoms with E-state index in [0.717, 1.165) is 4.68 Å². The van der Waals surface area contributed by atoms with Gasteiger partial charge in [0, 0.05) is 24.1 Å². The summed E-state index contributed by atoms with van der Waals surface area (Å²) in [4.78, 5) is 23.6. The van der Waals surface area contributed by atoms with Gasteiger partial charge in [-0.1, -0.05) is 0 Å². The van der Waals surface area contributed by atoms with Gasteiger partial charge in [0.15, 0.2) is 0 Å². The molecule has 2 rings (SSSR count). The predicted octanol–water partition coefficient (Wildman–Crippen LogP) is 3.09. The number of nitrogens with one attached hydrogen (secondary N) is 1. The van der Waals surface area contributed by atoms with E-state index in [2.05, 4.69) is 10.4 Å². The third-order valence-electron chi connectivity index (χ3n) is 4.03. The quantitative estimate of drug-likeness (QED) is 0.746. The van der Waals surface area contributed by atoms with Crippen molar-refractivity contribution in [1.82, 2.24) is 9.78 Å². The van der Waals surface area contributed by atoms with Gasteiger partial charge in [-0.25, -0.2) is 4.79 Å². The van der Waals surface area contributed by atoms with Crippen molar-refractivity contribution in [3.05, 3.63) is 46.3 Å². The molecule has 0 radical (unpaired) electrons. The molecule has 2 N–H and O–H groups in total. The van der Waals surface area contributed by atoms with Crippen LogP contribution in [0.1, 0.15) is 32.9 Å². The highest BCUT2D eigenvalue weighted by Crippen LogP contribution is 2.22. The number of carboxylic acids is 1. The lowest BCUT2D eigenvalue weighted by molar-refractivity contribution is -0.143. The lowest BCUT2D eigenvalue weighted by Crippen LogP contribution is -2.20. The number of carboxylic acid groups (broad SMARTS) is 1. The van der Waals surface area contributed by atoms with E-state index >= 15 is 0 Å². The zero-order chi connectivity index (χ0) is 21.1. The van der Waals surface area contributed by atoms with Crippen molar-refractivity contribution in [1.29, 1.82) is 0 Å². The Bertz CT molecular complexity index is 891. The first kappa shape index (κ1) is 21.4. The first-order chi connectivity index (χ1) is 13.0. The van der Waals surface area contributed by atoms with Gasteiger partial charge in [-0.15, -0.1) is 0 Å². The second-order valence-electron chi connectivity index (χ2n) is 6.30. The normalized spacial score (nSPS) is 11.5. The maximum atomic E-state index is 12.6. The molecule has 0 atom stereocenters. The topological polar surface area (TPSA) is 93.5 Å². The molecule has 2 aromatic rings.